The van der Waals surface area contributed by atoms with Gasteiger partial charge in [-0.05, 0) is 30.4 Å². The zero-order chi connectivity index (χ0) is 19.3. The molecule has 150 valence electrons. The van der Waals surface area contributed by atoms with Crippen molar-refractivity contribution in [3.8, 4) is 0 Å². The van der Waals surface area contributed by atoms with Crippen molar-refractivity contribution in [2.24, 2.45) is 16.8 Å². The number of hydrogen-bond donors (Lipinski definition) is 1. The minimum absolute atomic E-state index is 0.189. The van der Waals surface area contributed by atoms with Crippen LogP contribution in [-0.2, 0) is 9.84 Å². The Morgan fingerprint density at radius 1 is 1.30 bits per heavy atom. The standard InChI is InChI=1S/C19H31N5O2S/c1-16(2)13-21-19(22-14-17-6-12-27(25,26)15-17)24-10-8-23(9-11-24)18-5-3-4-7-20-18/h3-5,7,16-17H,6,8-15H2,1-2H3,(H,21,22). The number of pyridine rings is 1. The number of guanidine groups is 1. The van der Waals surface area contributed by atoms with E-state index in [-0.39, 0.29) is 5.92 Å². The Morgan fingerprint density at radius 2 is 2.07 bits per heavy atom. The molecule has 3 heterocycles. The molecule has 1 atom stereocenters. The van der Waals surface area contributed by atoms with E-state index in [0.29, 0.717) is 24.0 Å². The number of nitrogens with zero attached hydrogens (tertiary/aromatic N) is 4. The highest BCUT2D eigenvalue weighted by Gasteiger charge is 2.28. The van der Waals surface area contributed by atoms with Gasteiger partial charge in [0, 0.05) is 45.5 Å². The monoisotopic (exact) mass is 393 g/mol. The van der Waals surface area contributed by atoms with E-state index in [4.69, 9.17) is 4.99 Å². The molecule has 0 spiro atoms. The molecule has 8 heteroatoms. The molecule has 2 saturated heterocycles. The maximum atomic E-state index is 11.7. The molecule has 2 aliphatic rings. The van der Waals surface area contributed by atoms with Crippen molar-refractivity contribution in [1.29, 1.82) is 0 Å². The minimum Gasteiger partial charge on any atom is -0.356 e. The van der Waals surface area contributed by atoms with Gasteiger partial charge in [-0.15, -0.1) is 0 Å². The zero-order valence-corrected chi connectivity index (χ0v) is 17.2. The van der Waals surface area contributed by atoms with Gasteiger partial charge in [-0.3, -0.25) is 4.99 Å². The Hall–Kier alpha value is -1.83. The maximum absolute atomic E-state index is 11.7. The predicted molar refractivity (Wildman–Crippen MR) is 110 cm³/mol. The fraction of sp³-hybridized carbons (Fsp3) is 0.684. The third-order valence-electron chi connectivity index (χ3n) is 5.03. The van der Waals surface area contributed by atoms with Crippen LogP contribution in [0.5, 0.6) is 0 Å². The van der Waals surface area contributed by atoms with E-state index in [2.05, 4.69) is 33.9 Å². The molecule has 2 aliphatic heterocycles. The van der Waals surface area contributed by atoms with Crippen LogP contribution >= 0.6 is 0 Å². The van der Waals surface area contributed by atoms with E-state index in [1.807, 2.05) is 24.4 Å². The van der Waals surface area contributed by atoms with Crippen molar-refractivity contribution in [3.05, 3.63) is 24.4 Å². The quantitative estimate of drug-likeness (QED) is 0.599. The highest BCUT2D eigenvalue weighted by atomic mass is 32.2. The van der Waals surface area contributed by atoms with E-state index >= 15 is 0 Å². The van der Waals surface area contributed by atoms with Crippen LogP contribution < -0.4 is 10.2 Å². The molecule has 1 N–H and O–H groups in total. The Morgan fingerprint density at radius 3 is 2.67 bits per heavy atom. The lowest BCUT2D eigenvalue weighted by atomic mass is 10.1. The highest BCUT2D eigenvalue weighted by Crippen LogP contribution is 2.18. The van der Waals surface area contributed by atoms with Crippen LogP contribution in [0.3, 0.4) is 0 Å². The lowest BCUT2D eigenvalue weighted by Gasteiger charge is -2.37. The Labute approximate surface area is 162 Å². The van der Waals surface area contributed by atoms with Gasteiger partial charge in [0.1, 0.15) is 5.82 Å². The van der Waals surface area contributed by atoms with Gasteiger partial charge in [0.2, 0.25) is 0 Å². The smallest absolute Gasteiger partial charge is 0.194 e. The number of anilines is 1. The van der Waals surface area contributed by atoms with E-state index in [1.54, 1.807) is 0 Å². The molecule has 27 heavy (non-hydrogen) atoms. The summed E-state index contributed by atoms with van der Waals surface area (Å²) in [6, 6.07) is 5.99. The van der Waals surface area contributed by atoms with Gasteiger partial charge in [0.15, 0.2) is 15.8 Å². The van der Waals surface area contributed by atoms with Gasteiger partial charge in [-0.25, -0.2) is 13.4 Å². The number of nitrogens with one attached hydrogen (secondary N) is 1. The lowest BCUT2D eigenvalue weighted by molar-refractivity contribution is 0.366. The van der Waals surface area contributed by atoms with Crippen molar-refractivity contribution in [2.75, 3.05) is 55.7 Å². The molecule has 1 unspecified atom stereocenters. The Balaban J connectivity index is 1.58. The largest absolute Gasteiger partial charge is 0.356 e. The third kappa shape index (κ3) is 5.82. The summed E-state index contributed by atoms with van der Waals surface area (Å²) in [5.74, 6) is 3.22. The fourth-order valence-corrected chi connectivity index (χ4v) is 5.36. The van der Waals surface area contributed by atoms with Crippen LogP contribution in [0.2, 0.25) is 0 Å². The summed E-state index contributed by atoms with van der Waals surface area (Å²) in [7, 11) is -2.84. The number of aromatic nitrogens is 1. The van der Waals surface area contributed by atoms with Crippen LogP contribution in [0.1, 0.15) is 20.3 Å². The summed E-state index contributed by atoms with van der Waals surface area (Å²) in [4.78, 5) is 13.8. The molecular formula is C19H31N5O2S. The molecule has 1 aromatic rings. The number of hydrogen-bond acceptors (Lipinski definition) is 5. The van der Waals surface area contributed by atoms with Crippen molar-refractivity contribution in [3.63, 3.8) is 0 Å². The van der Waals surface area contributed by atoms with Gasteiger partial charge in [-0.2, -0.15) is 0 Å². The normalized spacial score (nSPS) is 23.1. The molecule has 0 bridgehead atoms. The van der Waals surface area contributed by atoms with Gasteiger partial charge in [-0.1, -0.05) is 19.9 Å². The summed E-state index contributed by atoms with van der Waals surface area (Å²) in [5.41, 5.74) is 0. The predicted octanol–water partition coefficient (Wildman–Crippen LogP) is 1.24. The first-order valence-corrected chi connectivity index (χ1v) is 11.6. The molecule has 0 radical (unpaired) electrons. The van der Waals surface area contributed by atoms with E-state index in [1.165, 1.54) is 0 Å². The zero-order valence-electron chi connectivity index (χ0n) is 16.3. The number of rotatable bonds is 5. The number of sulfone groups is 1. The lowest BCUT2D eigenvalue weighted by Crippen LogP contribution is -2.53. The van der Waals surface area contributed by atoms with Crippen LogP contribution in [0, 0.1) is 11.8 Å². The van der Waals surface area contributed by atoms with E-state index in [9.17, 15) is 8.42 Å². The van der Waals surface area contributed by atoms with Crippen molar-refractivity contribution in [1.82, 2.24) is 15.2 Å². The average Bonchev–Trinajstić information content (AvgIpc) is 3.01. The molecule has 0 aromatic carbocycles. The van der Waals surface area contributed by atoms with E-state index < -0.39 is 9.84 Å². The fourth-order valence-electron chi connectivity index (χ4n) is 3.49. The number of piperazine rings is 1. The second-order valence-corrected chi connectivity index (χ2v) is 10.1. The summed E-state index contributed by atoms with van der Waals surface area (Å²) in [5, 5.41) is 3.46. The summed E-state index contributed by atoms with van der Waals surface area (Å²) in [6.07, 6.45) is 2.58. The topological polar surface area (TPSA) is 77.9 Å². The molecule has 1 aromatic heterocycles. The number of aliphatic imine (C=N–C) groups is 1. The van der Waals surface area contributed by atoms with Gasteiger partial charge in [0.25, 0.3) is 0 Å². The van der Waals surface area contributed by atoms with Gasteiger partial charge in [0.05, 0.1) is 11.5 Å². The molecule has 0 saturated carbocycles. The summed E-state index contributed by atoms with van der Waals surface area (Å²) >= 11 is 0. The molecule has 0 aliphatic carbocycles. The second-order valence-electron chi connectivity index (χ2n) is 7.87. The first kappa shape index (κ1) is 19.9. The molecule has 3 rings (SSSR count). The van der Waals surface area contributed by atoms with Crippen molar-refractivity contribution < 1.29 is 8.42 Å². The maximum Gasteiger partial charge on any atom is 0.194 e. The SMILES string of the molecule is CC(C)CN=C(NCC1CCS(=O)(=O)C1)N1CCN(c2ccccn2)CC1. The van der Waals surface area contributed by atoms with Crippen LogP contribution in [-0.4, -0.2) is 75.0 Å². The average molecular weight is 394 g/mol. The van der Waals surface area contributed by atoms with Crippen molar-refractivity contribution in [2.45, 2.75) is 20.3 Å². The third-order valence-corrected chi connectivity index (χ3v) is 6.87. The van der Waals surface area contributed by atoms with Crippen LogP contribution in [0.25, 0.3) is 0 Å². The van der Waals surface area contributed by atoms with Crippen molar-refractivity contribution >= 4 is 21.6 Å². The molecular weight excluding hydrogens is 362 g/mol. The van der Waals surface area contributed by atoms with Gasteiger partial charge >= 0.3 is 0 Å². The first-order valence-electron chi connectivity index (χ1n) is 9.82. The first-order chi connectivity index (χ1) is 12.9. The highest BCUT2D eigenvalue weighted by molar-refractivity contribution is 7.91. The second kappa shape index (κ2) is 8.91. The molecule has 2 fully saturated rings. The van der Waals surface area contributed by atoms with Crippen LogP contribution in [0.4, 0.5) is 5.82 Å². The summed E-state index contributed by atoms with van der Waals surface area (Å²) < 4.78 is 23.4. The van der Waals surface area contributed by atoms with E-state index in [0.717, 1.165) is 50.9 Å². The Bertz CT molecular complexity index is 728. The molecule has 0 amide bonds. The minimum atomic E-state index is -2.84. The van der Waals surface area contributed by atoms with Gasteiger partial charge < -0.3 is 15.1 Å². The molecule has 7 nitrogen and oxygen atoms in total. The summed E-state index contributed by atoms with van der Waals surface area (Å²) in [6.45, 7) is 9.32. The Kier molecular flexibility index (Phi) is 6.57. The van der Waals surface area contributed by atoms with Crippen LogP contribution in [0.15, 0.2) is 29.4 Å².